The Morgan fingerprint density at radius 3 is 2.47 bits per heavy atom. The zero-order valence-corrected chi connectivity index (χ0v) is 18.9. The van der Waals surface area contributed by atoms with Crippen molar-refractivity contribution in [2.75, 3.05) is 11.9 Å². The molecule has 0 unspecified atom stereocenters. The van der Waals surface area contributed by atoms with E-state index >= 15 is 0 Å². The van der Waals surface area contributed by atoms with Crippen LogP contribution in [0.4, 0.5) is 5.69 Å². The molecule has 0 atom stereocenters. The molecule has 0 saturated carbocycles. The molecule has 0 fully saturated rings. The van der Waals surface area contributed by atoms with Gasteiger partial charge >= 0.3 is 0 Å². The van der Waals surface area contributed by atoms with Crippen molar-refractivity contribution in [1.29, 1.82) is 0 Å². The maximum atomic E-state index is 12.0. The highest BCUT2D eigenvalue weighted by molar-refractivity contribution is 9.10. The fourth-order valence-corrected chi connectivity index (χ4v) is 2.84. The summed E-state index contributed by atoms with van der Waals surface area (Å²) in [5.74, 6) is 0.799. The highest BCUT2D eigenvalue weighted by atomic mass is 79.9. The Morgan fingerprint density at radius 2 is 1.80 bits per heavy atom. The monoisotopic (exact) mass is 475 g/mol. The Kier molecular flexibility index (Phi) is 9.34. The lowest BCUT2D eigenvalue weighted by atomic mass is 10.2. The van der Waals surface area contributed by atoms with Crippen molar-refractivity contribution in [3.05, 3.63) is 52.5 Å². The van der Waals surface area contributed by atoms with Crippen LogP contribution in [0.5, 0.6) is 11.5 Å². The second kappa shape index (κ2) is 12.0. The van der Waals surface area contributed by atoms with Crippen molar-refractivity contribution in [3.8, 4) is 11.5 Å². The zero-order valence-electron chi connectivity index (χ0n) is 17.3. The number of hydrogen-bond acceptors (Lipinski definition) is 5. The molecule has 160 valence electrons. The normalized spacial score (nSPS) is 10.8. The largest absolute Gasteiger partial charge is 0.494 e. The lowest BCUT2D eigenvalue weighted by molar-refractivity contribution is -0.124. The lowest BCUT2D eigenvalue weighted by Gasteiger charge is -2.12. The van der Waals surface area contributed by atoms with Gasteiger partial charge in [0, 0.05) is 28.6 Å². The first-order valence-electron chi connectivity index (χ1n) is 9.68. The van der Waals surface area contributed by atoms with Crippen LogP contribution < -0.4 is 20.2 Å². The van der Waals surface area contributed by atoms with E-state index < -0.39 is 0 Å². The number of benzene rings is 2. The summed E-state index contributed by atoms with van der Waals surface area (Å²) in [6.45, 7) is 6.35. The van der Waals surface area contributed by atoms with E-state index in [0.717, 1.165) is 15.8 Å². The van der Waals surface area contributed by atoms with Crippen molar-refractivity contribution in [1.82, 2.24) is 5.43 Å². The number of nitrogens with one attached hydrogen (secondary N) is 2. The SMILES string of the molecule is CCOc1ccc(NC(=O)CCC(=O)NN=Cc2cc(Br)ccc2OC(C)C)cc1. The number of rotatable bonds is 10. The molecule has 0 aliphatic rings. The Bertz CT molecular complexity index is 882. The number of hydrazone groups is 1. The highest BCUT2D eigenvalue weighted by Gasteiger charge is 2.08. The lowest BCUT2D eigenvalue weighted by Crippen LogP contribution is -2.20. The van der Waals surface area contributed by atoms with Crippen LogP contribution in [0.25, 0.3) is 0 Å². The number of carbonyl (C=O) groups is 2. The molecule has 2 rings (SSSR count). The molecule has 0 saturated heterocycles. The van der Waals surface area contributed by atoms with Crippen LogP contribution in [-0.4, -0.2) is 30.7 Å². The maximum Gasteiger partial charge on any atom is 0.240 e. The van der Waals surface area contributed by atoms with Gasteiger partial charge in [0.1, 0.15) is 11.5 Å². The van der Waals surface area contributed by atoms with Gasteiger partial charge in [-0.1, -0.05) is 15.9 Å². The molecule has 0 heterocycles. The first-order chi connectivity index (χ1) is 14.4. The molecule has 0 radical (unpaired) electrons. The molecule has 0 spiro atoms. The van der Waals surface area contributed by atoms with E-state index in [1.165, 1.54) is 6.21 Å². The number of nitrogens with zero attached hydrogens (tertiary/aromatic N) is 1. The van der Waals surface area contributed by atoms with E-state index in [9.17, 15) is 9.59 Å². The van der Waals surface area contributed by atoms with Gasteiger partial charge in [0.15, 0.2) is 0 Å². The van der Waals surface area contributed by atoms with Gasteiger partial charge in [-0.25, -0.2) is 5.43 Å². The molecule has 2 N–H and O–H groups in total. The maximum absolute atomic E-state index is 12.0. The van der Waals surface area contributed by atoms with Crippen molar-refractivity contribution in [2.24, 2.45) is 5.10 Å². The molecule has 2 aromatic carbocycles. The number of carbonyl (C=O) groups excluding carboxylic acids is 2. The predicted molar refractivity (Wildman–Crippen MR) is 121 cm³/mol. The number of anilines is 1. The second-order valence-corrected chi connectivity index (χ2v) is 7.56. The Labute approximate surface area is 185 Å². The summed E-state index contributed by atoms with van der Waals surface area (Å²) in [7, 11) is 0. The van der Waals surface area contributed by atoms with Crippen molar-refractivity contribution in [2.45, 2.75) is 39.7 Å². The Balaban J connectivity index is 1.80. The van der Waals surface area contributed by atoms with Gasteiger partial charge in [-0.3, -0.25) is 9.59 Å². The first kappa shape index (κ1) is 23.4. The van der Waals surface area contributed by atoms with Gasteiger partial charge in [-0.2, -0.15) is 5.10 Å². The summed E-state index contributed by atoms with van der Waals surface area (Å²) >= 11 is 3.41. The van der Waals surface area contributed by atoms with E-state index in [1.54, 1.807) is 24.3 Å². The quantitative estimate of drug-likeness (QED) is 0.390. The molecule has 0 aliphatic heterocycles. The fraction of sp³-hybridized carbons (Fsp3) is 0.318. The van der Waals surface area contributed by atoms with Gasteiger partial charge in [-0.05, 0) is 63.2 Å². The zero-order chi connectivity index (χ0) is 21.9. The summed E-state index contributed by atoms with van der Waals surface area (Å²) in [4.78, 5) is 24.0. The summed E-state index contributed by atoms with van der Waals surface area (Å²) < 4.78 is 12.0. The van der Waals surface area contributed by atoms with E-state index in [4.69, 9.17) is 9.47 Å². The van der Waals surface area contributed by atoms with Crippen LogP contribution in [0.3, 0.4) is 0 Å². The fourth-order valence-electron chi connectivity index (χ4n) is 2.46. The number of halogens is 1. The second-order valence-electron chi connectivity index (χ2n) is 6.65. The predicted octanol–water partition coefficient (Wildman–Crippen LogP) is 4.50. The molecule has 0 aliphatic carbocycles. The van der Waals surface area contributed by atoms with Crippen LogP contribution in [0.1, 0.15) is 39.2 Å². The van der Waals surface area contributed by atoms with Crippen molar-refractivity contribution >= 4 is 39.6 Å². The van der Waals surface area contributed by atoms with Gasteiger partial charge in [0.05, 0.1) is 18.9 Å². The van der Waals surface area contributed by atoms with Gasteiger partial charge in [0.2, 0.25) is 11.8 Å². The standard InChI is InChI=1S/C22H26BrN3O4/c1-4-29-19-8-6-18(7-9-19)25-21(27)11-12-22(28)26-24-14-16-13-17(23)5-10-20(16)30-15(2)3/h5-10,13-15H,4,11-12H2,1-3H3,(H,25,27)(H,26,28). The van der Waals surface area contributed by atoms with Crippen molar-refractivity contribution in [3.63, 3.8) is 0 Å². The smallest absolute Gasteiger partial charge is 0.240 e. The van der Waals surface area contributed by atoms with Crippen LogP contribution in [0.15, 0.2) is 52.0 Å². The first-order valence-corrected chi connectivity index (χ1v) is 10.5. The van der Waals surface area contributed by atoms with Gasteiger partial charge in [0.25, 0.3) is 0 Å². The third-order valence-electron chi connectivity index (χ3n) is 3.76. The van der Waals surface area contributed by atoms with E-state index in [-0.39, 0.29) is 30.8 Å². The number of amides is 2. The van der Waals surface area contributed by atoms with Crippen LogP contribution in [-0.2, 0) is 9.59 Å². The molecule has 8 heteroatoms. The highest BCUT2D eigenvalue weighted by Crippen LogP contribution is 2.22. The van der Waals surface area contributed by atoms with Gasteiger partial charge < -0.3 is 14.8 Å². The Morgan fingerprint density at radius 1 is 1.10 bits per heavy atom. The molecule has 0 bridgehead atoms. The average Bonchev–Trinajstić information content (AvgIpc) is 2.70. The minimum Gasteiger partial charge on any atom is -0.494 e. The molecule has 0 aromatic heterocycles. The summed E-state index contributed by atoms with van der Waals surface area (Å²) in [6.07, 6.45) is 1.60. The Hall–Kier alpha value is -2.87. The average molecular weight is 476 g/mol. The summed E-state index contributed by atoms with van der Waals surface area (Å²) in [6, 6.07) is 12.6. The molecule has 7 nitrogen and oxygen atoms in total. The number of hydrogen-bond donors (Lipinski definition) is 2. The molecule has 30 heavy (non-hydrogen) atoms. The van der Waals surface area contributed by atoms with Crippen LogP contribution >= 0.6 is 15.9 Å². The van der Waals surface area contributed by atoms with Crippen LogP contribution in [0.2, 0.25) is 0 Å². The summed E-state index contributed by atoms with van der Waals surface area (Å²) in [5.41, 5.74) is 3.81. The molecular formula is C22H26BrN3O4. The van der Waals surface area contributed by atoms with E-state index in [1.807, 2.05) is 39.0 Å². The van der Waals surface area contributed by atoms with Crippen LogP contribution in [0, 0.1) is 0 Å². The van der Waals surface area contributed by atoms with E-state index in [2.05, 4.69) is 31.8 Å². The van der Waals surface area contributed by atoms with Gasteiger partial charge in [-0.15, -0.1) is 0 Å². The summed E-state index contributed by atoms with van der Waals surface area (Å²) in [5, 5.41) is 6.71. The third kappa shape index (κ3) is 8.24. The molecular weight excluding hydrogens is 450 g/mol. The number of ether oxygens (including phenoxy) is 2. The third-order valence-corrected chi connectivity index (χ3v) is 4.25. The minimum absolute atomic E-state index is 0.0156. The molecule has 2 amide bonds. The molecule has 2 aromatic rings. The van der Waals surface area contributed by atoms with E-state index in [0.29, 0.717) is 18.0 Å². The van der Waals surface area contributed by atoms with Crippen molar-refractivity contribution < 1.29 is 19.1 Å². The topological polar surface area (TPSA) is 89.0 Å². The minimum atomic E-state index is -0.352.